The number of carbonyl (C=O) groups is 2. The summed E-state index contributed by atoms with van der Waals surface area (Å²) in [5, 5.41) is 9.17. The van der Waals surface area contributed by atoms with Crippen LogP contribution in [0.5, 0.6) is 0 Å². The van der Waals surface area contributed by atoms with Crippen LogP contribution in [0.2, 0.25) is 0 Å². The van der Waals surface area contributed by atoms with Gasteiger partial charge >= 0.3 is 5.97 Å². The molecule has 2 aliphatic carbocycles. The van der Waals surface area contributed by atoms with Crippen molar-refractivity contribution in [3.05, 3.63) is 11.1 Å². The number of fused-ring (bicyclic) bond motifs is 1. The Kier molecular flexibility index (Phi) is 2.63. The van der Waals surface area contributed by atoms with Crippen LogP contribution in [0.4, 0.5) is 0 Å². The Morgan fingerprint density at radius 3 is 2.80 bits per heavy atom. The van der Waals surface area contributed by atoms with Crippen LogP contribution >= 0.6 is 0 Å². The predicted molar refractivity (Wildman–Crippen MR) is 55.4 cm³/mol. The van der Waals surface area contributed by atoms with Gasteiger partial charge in [-0.05, 0) is 19.3 Å². The smallest absolute Gasteiger partial charge is 0.331 e. The van der Waals surface area contributed by atoms with E-state index in [0.29, 0.717) is 18.4 Å². The highest BCUT2D eigenvalue weighted by Gasteiger charge is 2.44. The molecule has 0 radical (unpaired) electrons. The summed E-state index contributed by atoms with van der Waals surface area (Å²) in [7, 11) is 0. The van der Waals surface area contributed by atoms with E-state index in [-0.39, 0.29) is 17.6 Å². The summed E-state index contributed by atoms with van der Waals surface area (Å²) in [6.45, 7) is 2.04. The number of rotatable bonds is 3. The van der Waals surface area contributed by atoms with Gasteiger partial charge in [0, 0.05) is 23.8 Å². The minimum absolute atomic E-state index is 0.00218. The average molecular weight is 208 g/mol. The van der Waals surface area contributed by atoms with Gasteiger partial charge in [-0.3, -0.25) is 4.79 Å². The van der Waals surface area contributed by atoms with Crippen molar-refractivity contribution in [2.24, 2.45) is 11.8 Å². The van der Waals surface area contributed by atoms with E-state index in [0.717, 1.165) is 24.8 Å². The molecule has 1 saturated carbocycles. The molecule has 0 heterocycles. The lowest BCUT2D eigenvalue weighted by atomic mass is 9.94. The Bertz CT molecular complexity index is 341. The first kappa shape index (κ1) is 10.4. The van der Waals surface area contributed by atoms with E-state index in [2.05, 4.69) is 0 Å². The first-order valence-corrected chi connectivity index (χ1v) is 5.63. The summed E-state index contributed by atoms with van der Waals surface area (Å²) >= 11 is 0. The maximum Gasteiger partial charge on any atom is 0.331 e. The Hall–Kier alpha value is -1.12. The van der Waals surface area contributed by atoms with Crippen LogP contribution in [-0.2, 0) is 9.59 Å². The topological polar surface area (TPSA) is 54.4 Å². The molecule has 0 amide bonds. The Morgan fingerprint density at radius 1 is 1.47 bits per heavy atom. The summed E-state index contributed by atoms with van der Waals surface area (Å²) in [5.74, 6) is -0.514. The number of carboxylic acids is 1. The lowest BCUT2D eigenvalue weighted by molar-refractivity contribution is -0.133. The number of hydrogen-bond acceptors (Lipinski definition) is 2. The normalized spacial score (nSPS) is 29.8. The van der Waals surface area contributed by atoms with Crippen LogP contribution in [0.1, 0.15) is 39.0 Å². The van der Waals surface area contributed by atoms with Crippen molar-refractivity contribution in [2.45, 2.75) is 39.0 Å². The van der Waals surface area contributed by atoms with Gasteiger partial charge in [-0.25, -0.2) is 4.79 Å². The summed E-state index contributed by atoms with van der Waals surface area (Å²) in [6.07, 6.45) is 3.82. The zero-order valence-corrected chi connectivity index (χ0v) is 8.95. The van der Waals surface area contributed by atoms with Gasteiger partial charge in [0.15, 0.2) is 0 Å². The number of allylic oxidation sites excluding steroid dienone is 1. The lowest BCUT2D eigenvalue weighted by Crippen LogP contribution is -2.14. The fraction of sp³-hybridized carbons (Fsp3) is 0.667. The van der Waals surface area contributed by atoms with Gasteiger partial charge in [0.25, 0.3) is 0 Å². The molecule has 0 spiro atoms. The third-order valence-corrected chi connectivity index (χ3v) is 3.60. The first-order chi connectivity index (χ1) is 7.15. The van der Waals surface area contributed by atoms with Crippen LogP contribution in [0.25, 0.3) is 0 Å². The van der Waals surface area contributed by atoms with E-state index in [1.807, 2.05) is 6.92 Å². The summed E-state index contributed by atoms with van der Waals surface area (Å²) in [4.78, 5) is 22.7. The van der Waals surface area contributed by atoms with Gasteiger partial charge in [-0.15, -0.1) is 0 Å². The van der Waals surface area contributed by atoms with Crippen molar-refractivity contribution in [2.75, 3.05) is 0 Å². The second-order valence-electron chi connectivity index (χ2n) is 4.49. The number of carboxylic acid groups (broad SMARTS) is 1. The van der Waals surface area contributed by atoms with Gasteiger partial charge < -0.3 is 5.11 Å². The fourth-order valence-electron chi connectivity index (χ4n) is 3.00. The van der Waals surface area contributed by atoms with Crippen LogP contribution in [0.15, 0.2) is 11.1 Å². The van der Waals surface area contributed by atoms with Gasteiger partial charge in [0.2, 0.25) is 0 Å². The molecule has 2 aliphatic rings. The molecule has 1 fully saturated rings. The molecule has 0 bridgehead atoms. The molecule has 2 rings (SSSR count). The van der Waals surface area contributed by atoms with E-state index in [1.54, 1.807) is 0 Å². The van der Waals surface area contributed by atoms with Crippen LogP contribution in [0, 0.1) is 11.8 Å². The largest absolute Gasteiger partial charge is 0.478 e. The maximum absolute atomic E-state index is 11.6. The zero-order valence-electron chi connectivity index (χ0n) is 8.95. The van der Waals surface area contributed by atoms with E-state index in [4.69, 9.17) is 0 Å². The quantitative estimate of drug-likeness (QED) is 0.773. The molecular weight excluding hydrogens is 192 g/mol. The highest BCUT2D eigenvalue weighted by atomic mass is 16.4. The predicted octanol–water partition coefficient (Wildman–Crippen LogP) is 2.17. The molecule has 0 aromatic heterocycles. The summed E-state index contributed by atoms with van der Waals surface area (Å²) in [5.41, 5.74) is 1.58. The highest BCUT2D eigenvalue weighted by molar-refractivity contribution is 5.94. The van der Waals surface area contributed by atoms with E-state index in [1.165, 1.54) is 0 Å². The van der Waals surface area contributed by atoms with Crippen molar-refractivity contribution in [3.63, 3.8) is 0 Å². The molecule has 82 valence electrons. The molecule has 1 N–H and O–H groups in total. The monoisotopic (exact) mass is 208 g/mol. The second kappa shape index (κ2) is 3.80. The van der Waals surface area contributed by atoms with Gasteiger partial charge in [0.05, 0.1) is 0 Å². The van der Waals surface area contributed by atoms with Crippen molar-refractivity contribution < 1.29 is 14.7 Å². The summed E-state index contributed by atoms with van der Waals surface area (Å²) < 4.78 is 0. The maximum atomic E-state index is 11.6. The third-order valence-electron chi connectivity index (χ3n) is 3.60. The number of Topliss-reactive ketones (excluding diaryl/α,β-unsaturated/α-hetero) is 1. The second-order valence-corrected chi connectivity index (χ2v) is 4.49. The molecule has 0 unspecified atom stereocenters. The van der Waals surface area contributed by atoms with Crippen molar-refractivity contribution >= 4 is 11.8 Å². The molecule has 2 atom stereocenters. The molecular formula is C12H16O3. The highest BCUT2D eigenvalue weighted by Crippen LogP contribution is 2.46. The Labute approximate surface area is 89.2 Å². The molecule has 3 nitrogen and oxygen atoms in total. The SMILES string of the molecule is CCCC1=C(C(=O)O)[C@H]2CCC(=O)[C@H]2C1. The van der Waals surface area contributed by atoms with Crippen molar-refractivity contribution in [1.82, 2.24) is 0 Å². The number of hydrogen-bond donors (Lipinski definition) is 1. The van der Waals surface area contributed by atoms with Gasteiger partial charge in [-0.2, -0.15) is 0 Å². The van der Waals surface area contributed by atoms with E-state index < -0.39 is 5.97 Å². The minimum atomic E-state index is -0.805. The zero-order chi connectivity index (χ0) is 11.0. The van der Waals surface area contributed by atoms with Crippen molar-refractivity contribution in [3.8, 4) is 0 Å². The van der Waals surface area contributed by atoms with Crippen LogP contribution in [0.3, 0.4) is 0 Å². The molecule has 0 aliphatic heterocycles. The molecule has 15 heavy (non-hydrogen) atoms. The molecule has 0 aromatic carbocycles. The Morgan fingerprint density at radius 2 is 2.20 bits per heavy atom. The molecule has 3 heteroatoms. The first-order valence-electron chi connectivity index (χ1n) is 5.63. The molecule has 0 aromatic rings. The average Bonchev–Trinajstić information content (AvgIpc) is 2.67. The number of ketones is 1. The van der Waals surface area contributed by atoms with Crippen LogP contribution in [-0.4, -0.2) is 16.9 Å². The lowest BCUT2D eigenvalue weighted by Gasteiger charge is -2.08. The standard InChI is InChI=1S/C12H16O3/c1-2-3-7-6-9-8(4-5-10(9)13)11(7)12(14)15/h8-9H,2-6H2,1H3,(H,14,15)/t8-,9-/m0/s1. The number of aliphatic carboxylic acids is 1. The molecule has 0 saturated heterocycles. The fourth-order valence-corrected chi connectivity index (χ4v) is 3.00. The van der Waals surface area contributed by atoms with Crippen LogP contribution < -0.4 is 0 Å². The number of carbonyl (C=O) groups excluding carboxylic acids is 1. The third kappa shape index (κ3) is 1.60. The van der Waals surface area contributed by atoms with Gasteiger partial charge in [0.1, 0.15) is 5.78 Å². The Balaban J connectivity index is 2.29. The van der Waals surface area contributed by atoms with Gasteiger partial charge in [-0.1, -0.05) is 18.9 Å². The van der Waals surface area contributed by atoms with E-state index in [9.17, 15) is 14.7 Å². The van der Waals surface area contributed by atoms with E-state index >= 15 is 0 Å². The summed E-state index contributed by atoms with van der Waals surface area (Å²) in [6, 6.07) is 0. The minimum Gasteiger partial charge on any atom is -0.478 e. The van der Waals surface area contributed by atoms with Crippen molar-refractivity contribution in [1.29, 1.82) is 0 Å².